The first-order valence-electron chi connectivity index (χ1n) is 6.70. The highest BCUT2D eigenvalue weighted by atomic mass is 16.5. The van der Waals surface area contributed by atoms with Crippen molar-refractivity contribution < 1.29 is 9.84 Å². The van der Waals surface area contributed by atoms with E-state index < -0.39 is 6.10 Å². The first-order chi connectivity index (χ1) is 8.83. The van der Waals surface area contributed by atoms with Gasteiger partial charge in [-0.2, -0.15) is 0 Å². The van der Waals surface area contributed by atoms with E-state index in [1.165, 1.54) is 0 Å². The highest BCUT2D eigenvalue weighted by Crippen LogP contribution is 2.16. The molecule has 4 N–H and O–H groups in total. The second kappa shape index (κ2) is 6.89. The first kappa shape index (κ1) is 16.0. The van der Waals surface area contributed by atoms with Gasteiger partial charge in [0.2, 0.25) is 0 Å². The molecule has 2 unspecified atom stereocenters. The molecule has 0 spiro atoms. The van der Waals surface area contributed by atoms with Crippen LogP contribution < -0.4 is 15.8 Å². The fourth-order valence-electron chi connectivity index (χ4n) is 1.51. The zero-order valence-electron chi connectivity index (χ0n) is 12.3. The zero-order chi connectivity index (χ0) is 14.5. The summed E-state index contributed by atoms with van der Waals surface area (Å²) in [6.45, 7) is 8.70. The average Bonchev–Trinajstić information content (AvgIpc) is 2.35. The molecule has 19 heavy (non-hydrogen) atoms. The number of nitrogens with two attached hydrogens (primary N) is 1. The van der Waals surface area contributed by atoms with Crippen LogP contribution in [0.2, 0.25) is 0 Å². The van der Waals surface area contributed by atoms with Crippen molar-refractivity contribution in [3.63, 3.8) is 0 Å². The summed E-state index contributed by atoms with van der Waals surface area (Å²) in [6, 6.07) is 7.79. The van der Waals surface area contributed by atoms with E-state index in [0.717, 1.165) is 11.3 Å². The van der Waals surface area contributed by atoms with Crippen LogP contribution in [0.3, 0.4) is 0 Å². The highest BCUT2D eigenvalue weighted by molar-refractivity contribution is 5.31. The largest absolute Gasteiger partial charge is 0.491 e. The lowest BCUT2D eigenvalue weighted by atomic mass is 9.97. The van der Waals surface area contributed by atoms with Gasteiger partial charge in [-0.15, -0.1) is 0 Å². The molecule has 0 aliphatic heterocycles. The maximum absolute atomic E-state index is 9.92. The van der Waals surface area contributed by atoms with E-state index in [2.05, 4.69) is 5.32 Å². The van der Waals surface area contributed by atoms with Gasteiger partial charge >= 0.3 is 0 Å². The Labute approximate surface area is 116 Å². The van der Waals surface area contributed by atoms with Crippen molar-refractivity contribution in [1.82, 2.24) is 5.32 Å². The lowest BCUT2D eigenvalue weighted by molar-refractivity contribution is 0.0968. The molecule has 108 valence electrons. The Balaban J connectivity index is 2.37. The van der Waals surface area contributed by atoms with Crippen LogP contribution in [-0.2, 0) is 0 Å². The predicted octanol–water partition coefficient (Wildman–Crippen LogP) is 1.45. The minimum absolute atomic E-state index is 0.0111. The summed E-state index contributed by atoms with van der Waals surface area (Å²) in [5.41, 5.74) is 6.73. The Morgan fingerprint density at radius 1 is 1.37 bits per heavy atom. The topological polar surface area (TPSA) is 67.5 Å². The van der Waals surface area contributed by atoms with Crippen molar-refractivity contribution in [2.75, 3.05) is 13.2 Å². The number of hydrogen-bond acceptors (Lipinski definition) is 4. The van der Waals surface area contributed by atoms with E-state index in [-0.39, 0.29) is 18.2 Å². The third kappa shape index (κ3) is 5.19. The molecule has 0 aliphatic rings. The average molecular weight is 266 g/mol. The molecular formula is C15H26N2O2. The quantitative estimate of drug-likeness (QED) is 0.699. The summed E-state index contributed by atoms with van der Waals surface area (Å²) in [6.07, 6.45) is -0.558. The van der Waals surface area contributed by atoms with Crippen molar-refractivity contribution in [3.05, 3.63) is 29.8 Å². The number of nitrogens with one attached hydrogen (secondary N) is 1. The van der Waals surface area contributed by atoms with Crippen LogP contribution in [0.25, 0.3) is 0 Å². The van der Waals surface area contributed by atoms with E-state index >= 15 is 0 Å². The molecule has 1 rings (SSSR count). The molecule has 0 heterocycles. The standard InChI is InChI=1S/C15H26N2O2/c1-11-7-5-6-8-14(11)19-10-13(18)9-17-15(3,4)12(2)16/h5-8,12-13,17-18H,9-10,16H2,1-4H3. The smallest absolute Gasteiger partial charge is 0.122 e. The summed E-state index contributed by atoms with van der Waals surface area (Å²) < 4.78 is 5.60. The van der Waals surface area contributed by atoms with Crippen molar-refractivity contribution in [2.45, 2.75) is 45.4 Å². The van der Waals surface area contributed by atoms with Crippen molar-refractivity contribution in [2.24, 2.45) is 5.73 Å². The van der Waals surface area contributed by atoms with Crippen LogP contribution in [0.4, 0.5) is 0 Å². The number of para-hydroxylation sites is 1. The van der Waals surface area contributed by atoms with E-state index in [9.17, 15) is 5.11 Å². The second-order valence-corrected chi connectivity index (χ2v) is 5.62. The molecule has 0 fully saturated rings. The van der Waals surface area contributed by atoms with E-state index in [0.29, 0.717) is 6.54 Å². The first-order valence-corrected chi connectivity index (χ1v) is 6.70. The molecule has 0 saturated heterocycles. The van der Waals surface area contributed by atoms with Crippen LogP contribution in [-0.4, -0.2) is 35.9 Å². The molecule has 4 heteroatoms. The summed E-state index contributed by atoms with van der Waals surface area (Å²) >= 11 is 0. The van der Waals surface area contributed by atoms with Crippen molar-refractivity contribution in [1.29, 1.82) is 0 Å². The Hall–Kier alpha value is -1.10. The van der Waals surface area contributed by atoms with Gasteiger partial charge in [0.25, 0.3) is 0 Å². The molecule has 0 radical (unpaired) electrons. The molecule has 4 nitrogen and oxygen atoms in total. The minimum Gasteiger partial charge on any atom is -0.491 e. The Morgan fingerprint density at radius 2 is 2.00 bits per heavy atom. The monoisotopic (exact) mass is 266 g/mol. The number of aliphatic hydroxyl groups excluding tert-OH is 1. The van der Waals surface area contributed by atoms with Gasteiger partial charge in [-0.1, -0.05) is 18.2 Å². The van der Waals surface area contributed by atoms with Crippen LogP contribution in [0.5, 0.6) is 5.75 Å². The van der Waals surface area contributed by atoms with Gasteiger partial charge in [0.1, 0.15) is 18.5 Å². The van der Waals surface area contributed by atoms with Gasteiger partial charge < -0.3 is 20.9 Å². The Morgan fingerprint density at radius 3 is 2.58 bits per heavy atom. The second-order valence-electron chi connectivity index (χ2n) is 5.62. The summed E-state index contributed by atoms with van der Waals surface area (Å²) in [5, 5.41) is 13.2. The molecule has 0 saturated carbocycles. The lowest BCUT2D eigenvalue weighted by Gasteiger charge is -2.31. The van der Waals surface area contributed by atoms with Gasteiger partial charge in [0, 0.05) is 18.1 Å². The number of ether oxygens (including phenoxy) is 1. The van der Waals surface area contributed by atoms with Gasteiger partial charge in [-0.3, -0.25) is 0 Å². The molecule has 0 aliphatic carbocycles. The summed E-state index contributed by atoms with van der Waals surface area (Å²) in [5.74, 6) is 0.813. The van der Waals surface area contributed by atoms with Crippen LogP contribution in [0, 0.1) is 6.92 Å². The van der Waals surface area contributed by atoms with Crippen LogP contribution >= 0.6 is 0 Å². The lowest BCUT2D eigenvalue weighted by Crippen LogP contribution is -2.54. The zero-order valence-corrected chi connectivity index (χ0v) is 12.3. The highest BCUT2D eigenvalue weighted by Gasteiger charge is 2.22. The maximum Gasteiger partial charge on any atom is 0.122 e. The number of hydrogen-bond donors (Lipinski definition) is 3. The predicted molar refractivity (Wildman–Crippen MR) is 78.4 cm³/mol. The number of aliphatic hydroxyl groups is 1. The molecular weight excluding hydrogens is 240 g/mol. The maximum atomic E-state index is 9.92. The normalized spacial score (nSPS) is 15.1. The molecule has 1 aromatic carbocycles. The molecule has 0 amide bonds. The van der Waals surface area contributed by atoms with E-state index in [4.69, 9.17) is 10.5 Å². The number of rotatable bonds is 7. The van der Waals surface area contributed by atoms with Gasteiger partial charge in [-0.05, 0) is 39.3 Å². The van der Waals surface area contributed by atoms with Crippen molar-refractivity contribution in [3.8, 4) is 5.75 Å². The van der Waals surface area contributed by atoms with E-state index in [1.807, 2.05) is 52.0 Å². The van der Waals surface area contributed by atoms with Crippen LogP contribution in [0.1, 0.15) is 26.3 Å². The molecule has 1 aromatic rings. The summed E-state index contributed by atoms with van der Waals surface area (Å²) in [4.78, 5) is 0. The third-order valence-electron chi connectivity index (χ3n) is 3.46. The number of β-amino-alcohol motifs (C(OH)–C–C–N with tert-alkyl or cyclic N) is 1. The third-order valence-corrected chi connectivity index (χ3v) is 3.46. The van der Waals surface area contributed by atoms with Crippen LogP contribution in [0.15, 0.2) is 24.3 Å². The summed E-state index contributed by atoms with van der Waals surface area (Å²) in [7, 11) is 0. The fraction of sp³-hybridized carbons (Fsp3) is 0.600. The van der Waals surface area contributed by atoms with Gasteiger partial charge in [0.05, 0.1) is 0 Å². The van der Waals surface area contributed by atoms with Crippen molar-refractivity contribution >= 4 is 0 Å². The van der Waals surface area contributed by atoms with Gasteiger partial charge in [0.15, 0.2) is 0 Å². The molecule has 2 atom stereocenters. The number of aryl methyl sites for hydroxylation is 1. The van der Waals surface area contributed by atoms with E-state index in [1.54, 1.807) is 0 Å². The van der Waals surface area contributed by atoms with Gasteiger partial charge in [-0.25, -0.2) is 0 Å². The fourth-order valence-corrected chi connectivity index (χ4v) is 1.51. The molecule has 0 bridgehead atoms. The molecule has 0 aromatic heterocycles. The Bertz CT molecular complexity index is 391. The Kier molecular flexibility index (Phi) is 5.79. The SMILES string of the molecule is Cc1ccccc1OCC(O)CNC(C)(C)C(C)N. The number of benzene rings is 1. The minimum atomic E-state index is -0.558.